The molecule has 98 valence electrons. The van der Waals surface area contributed by atoms with E-state index in [-0.39, 0.29) is 11.4 Å². The number of carbonyl (C=O) groups is 2. The minimum absolute atomic E-state index is 0.137. The first-order valence-corrected chi connectivity index (χ1v) is 5.46. The number of Topliss-reactive ketones (excluding diaryl/α,β-unsaturated/α-hetero) is 1. The third kappa shape index (κ3) is 2.59. The van der Waals surface area contributed by atoms with Crippen LogP contribution in [-0.4, -0.2) is 50.5 Å². The monoisotopic (exact) mass is 260 g/mol. The fourth-order valence-corrected chi connectivity index (χ4v) is 1.52. The van der Waals surface area contributed by atoms with Gasteiger partial charge in [-0.25, -0.2) is 14.3 Å². The van der Waals surface area contributed by atoms with Crippen molar-refractivity contribution in [3.63, 3.8) is 0 Å². The summed E-state index contributed by atoms with van der Waals surface area (Å²) in [5, 5.41) is 13.0. The number of carboxylic acids is 1. The van der Waals surface area contributed by atoms with E-state index in [4.69, 9.17) is 5.11 Å². The summed E-state index contributed by atoms with van der Waals surface area (Å²) >= 11 is 0. The van der Waals surface area contributed by atoms with E-state index in [2.05, 4.69) is 10.1 Å². The smallest absolute Gasteiger partial charge is 0.341 e. The number of aromatic nitrogens is 3. The minimum Gasteiger partial charge on any atom is -0.477 e. The first kappa shape index (κ1) is 12.7. The van der Waals surface area contributed by atoms with E-state index in [9.17, 15) is 9.59 Å². The lowest BCUT2D eigenvalue weighted by Crippen LogP contribution is -2.17. The molecule has 0 bridgehead atoms. The van der Waals surface area contributed by atoms with E-state index in [1.165, 1.54) is 15.6 Å². The summed E-state index contributed by atoms with van der Waals surface area (Å²) in [7, 11) is 3.26. The third-order valence-electron chi connectivity index (χ3n) is 2.31. The van der Waals surface area contributed by atoms with Crippen molar-refractivity contribution in [3.8, 4) is 0 Å². The first-order chi connectivity index (χ1) is 8.99. The fourth-order valence-electron chi connectivity index (χ4n) is 1.52. The molecule has 2 rings (SSSR count). The maximum absolute atomic E-state index is 12.1. The standard InChI is InChI=1S/C12H12N4O3/c1-15(2)7-8(12(18)19)10(17)11-13-9-5-3-4-6-16(9)14-11/h3-7H,1-2H3,(H,18,19)/b8-7-. The van der Waals surface area contributed by atoms with Gasteiger partial charge in [-0.2, -0.15) is 0 Å². The number of rotatable bonds is 4. The molecule has 2 aromatic rings. The average molecular weight is 260 g/mol. The lowest BCUT2D eigenvalue weighted by molar-refractivity contribution is -0.132. The van der Waals surface area contributed by atoms with Crippen molar-refractivity contribution in [3.05, 3.63) is 42.0 Å². The van der Waals surface area contributed by atoms with Gasteiger partial charge in [0.2, 0.25) is 11.6 Å². The summed E-state index contributed by atoms with van der Waals surface area (Å²) in [4.78, 5) is 28.7. The Hall–Kier alpha value is -2.70. The van der Waals surface area contributed by atoms with E-state index in [1.54, 1.807) is 38.5 Å². The Kier molecular flexibility index (Phi) is 3.28. The molecule has 0 amide bonds. The highest BCUT2D eigenvalue weighted by molar-refractivity contribution is 6.22. The zero-order chi connectivity index (χ0) is 14.0. The Morgan fingerprint density at radius 3 is 2.68 bits per heavy atom. The molecule has 0 aromatic carbocycles. The number of nitrogens with zero attached hydrogens (tertiary/aromatic N) is 4. The molecule has 0 radical (unpaired) electrons. The van der Waals surface area contributed by atoms with Crippen LogP contribution >= 0.6 is 0 Å². The maximum atomic E-state index is 12.1. The molecule has 1 N–H and O–H groups in total. The van der Waals surface area contributed by atoms with E-state index in [0.29, 0.717) is 5.65 Å². The molecule has 0 aliphatic heterocycles. The average Bonchev–Trinajstić information content (AvgIpc) is 2.78. The van der Waals surface area contributed by atoms with Crippen molar-refractivity contribution in [2.45, 2.75) is 0 Å². The number of hydrogen-bond donors (Lipinski definition) is 1. The highest BCUT2D eigenvalue weighted by Crippen LogP contribution is 2.08. The van der Waals surface area contributed by atoms with Gasteiger partial charge in [0.25, 0.3) is 0 Å². The summed E-state index contributed by atoms with van der Waals surface area (Å²) in [6.07, 6.45) is 2.87. The quantitative estimate of drug-likeness (QED) is 0.371. The second-order valence-corrected chi connectivity index (χ2v) is 4.08. The molecule has 19 heavy (non-hydrogen) atoms. The van der Waals surface area contributed by atoms with Crippen molar-refractivity contribution < 1.29 is 14.7 Å². The largest absolute Gasteiger partial charge is 0.477 e. The molecule has 0 saturated carbocycles. The van der Waals surface area contributed by atoms with Crippen LogP contribution in [0.1, 0.15) is 10.6 Å². The van der Waals surface area contributed by atoms with Crippen LogP contribution in [0.5, 0.6) is 0 Å². The number of aliphatic carboxylic acids is 1. The van der Waals surface area contributed by atoms with Crippen molar-refractivity contribution in [1.29, 1.82) is 0 Å². The summed E-state index contributed by atoms with van der Waals surface area (Å²) in [5.74, 6) is -2.16. The molecule has 0 spiro atoms. The van der Waals surface area contributed by atoms with Crippen LogP contribution in [0.3, 0.4) is 0 Å². The van der Waals surface area contributed by atoms with Crippen molar-refractivity contribution >= 4 is 17.4 Å². The molecular formula is C12H12N4O3. The zero-order valence-electron chi connectivity index (χ0n) is 10.4. The first-order valence-electron chi connectivity index (χ1n) is 5.46. The SMILES string of the molecule is CN(C)/C=C(\C(=O)O)C(=O)c1nc2ccccn2n1. The van der Waals surface area contributed by atoms with Gasteiger partial charge < -0.3 is 10.0 Å². The number of carboxylic acid groups (broad SMARTS) is 1. The second kappa shape index (κ2) is 4.89. The Morgan fingerprint density at radius 2 is 2.11 bits per heavy atom. The van der Waals surface area contributed by atoms with Crippen LogP contribution in [0.2, 0.25) is 0 Å². The summed E-state index contributed by atoms with van der Waals surface area (Å²) in [6, 6.07) is 5.18. The fraction of sp³-hybridized carbons (Fsp3) is 0.167. The summed E-state index contributed by atoms with van der Waals surface area (Å²) in [6.45, 7) is 0. The van der Waals surface area contributed by atoms with Crippen LogP contribution in [0.15, 0.2) is 36.2 Å². The van der Waals surface area contributed by atoms with Gasteiger partial charge in [-0.15, -0.1) is 5.10 Å². The predicted molar refractivity (Wildman–Crippen MR) is 66.7 cm³/mol. The van der Waals surface area contributed by atoms with Gasteiger partial charge >= 0.3 is 5.97 Å². The highest BCUT2D eigenvalue weighted by atomic mass is 16.4. The van der Waals surface area contributed by atoms with Crippen molar-refractivity contribution in [1.82, 2.24) is 19.5 Å². The molecule has 2 heterocycles. The molecule has 2 aromatic heterocycles. The molecule has 0 unspecified atom stereocenters. The number of carbonyl (C=O) groups excluding carboxylic acids is 1. The Bertz CT molecular complexity index is 639. The zero-order valence-corrected chi connectivity index (χ0v) is 10.4. The van der Waals surface area contributed by atoms with Gasteiger partial charge in [0.1, 0.15) is 5.57 Å². The van der Waals surface area contributed by atoms with Crippen LogP contribution in [-0.2, 0) is 4.79 Å². The van der Waals surface area contributed by atoms with Gasteiger partial charge in [-0.1, -0.05) is 6.07 Å². The Labute approximate surface area is 108 Å². The molecule has 0 fully saturated rings. The van der Waals surface area contributed by atoms with Crippen LogP contribution in [0, 0.1) is 0 Å². The van der Waals surface area contributed by atoms with E-state index < -0.39 is 11.8 Å². The summed E-state index contributed by atoms with van der Waals surface area (Å²) in [5.41, 5.74) is 0.112. The number of hydrogen-bond acceptors (Lipinski definition) is 5. The second-order valence-electron chi connectivity index (χ2n) is 4.08. The highest BCUT2D eigenvalue weighted by Gasteiger charge is 2.23. The van der Waals surface area contributed by atoms with Gasteiger partial charge in [0.15, 0.2) is 5.65 Å². The molecule has 7 heteroatoms. The predicted octanol–water partition coefficient (Wildman–Crippen LogP) is 0.442. The lowest BCUT2D eigenvalue weighted by Gasteiger charge is -2.06. The summed E-state index contributed by atoms with van der Waals surface area (Å²) < 4.78 is 1.42. The maximum Gasteiger partial charge on any atom is 0.341 e. The Morgan fingerprint density at radius 1 is 1.37 bits per heavy atom. The molecule has 0 aliphatic carbocycles. The molecule has 0 atom stereocenters. The number of pyridine rings is 1. The Balaban J connectivity index is 2.44. The molecule has 7 nitrogen and oxygen atoms in total. The molecule has 0 saturated heterocycles. The molecular weight excluding hydrogens is 248 g/mol. The van der Waals surface area contributed by atoms with Gasteiger partial charge in [0, 0.05) is 26.5 Å². The van der Waals surface area contributed by atoms with Crippen molar-refractivity contribution in [2.24, 2.45) is 0 Å². The number of ketones is 1. The van der Waals surface area contributed by atoms with Crippen LogP contribution in [0.25, 0.3) is 5.65 Å². The van der Waals surface area contributed by atoms with Crippen molar-refractivity contribution in [2.75, 3.05) is 14.1 Å². The van der Waals surface area contributed by atoms with E-state index in [0.717, 1.165) is 0 Å². The van der Waals surface area contributed by atoms with Gasteiger partial charge in [-0.3, -0.25) is 4.79 Å². The van der Waals surface area contributed by atoms with E-state index in [1.807, 2.05) is 0 Å². The number of fused-ring (bicyclic) bond motifs is 1. The topological polar surface area (TPSA) is 87.8 Å². The minimum atomic E-state index is -1.31. The van der Waals surface area contributed by atoms with Gasteiger partial charge in [-0.05, 0) is 12.1 Å². The van der Waals surface area contributed by atoms with E-state index >= 15 is 0 Å². The van der Waals surface area contributed by atoms with Crippen LogP contribution in [0.4, 0.5) is 0 Å². The van der Waals surface area contributed by atoms with Crippen LogP contribution < -0.4 is 0 Å². The molecule has 0 aliphatic rings. The van der Waals surface area contributed by atoms with Gasteiger partial charge in [0.05, 0.1) is 0 Å². The third-order valence-corrected chi connectivity index (χ3v) is 2.31. The lowest BCUT2D eigenvalue weighted by atomic mass is 10.2. The normalized spacial score (nSPS) is 11.6.